The molecule has 6 nitrogen and oxygen atoms in total. The summed E-state index contributed by atoms with van der Waals surface area (Å²) in [6, 6.07) is 0.111. The molecule has 0 aromatic carbocycles. The fraction of sp³-hybridized carbons (Fsp3) is 0.857. The van der Waals surface area contributed by atoms with Crippen LogP contribution in [0.3, 0.4) is 0 Å². The van der Waals surface area contributed by atoms with Gasteiger partial charge in [0, 0.05) is 38.6 Å². The molecular formula is C14H24BN3O3. The Hall–Kier alpha value is -1.08. The Bertz CT molecular complexity index is 353. The summed E-state index contributed by atoms with van der Waals surface area (Å²) < 4.78 is 5.30. The van der Waals surface area contributed by atoms with Crippen molar-refractivity contribution in [2.75, 3.05) is 45.9 Å². The smallest absolute Gasteiger partial charge is 0.222 e. The summed E-state index contributed by atoms with van der Waals surface area (Å²) >= 11 is 0. The molecule has 0 aromatic heterocycles. The molecule has 1 N–H and O–H groups in total. The van der Waals surface area contributed by atoms with Crippen molar-refractivity contribution < 1.29 is 14.3 Å². The lowest BCUT2D eigenvalue weighted by Crippen LogP contribution is -2.46. The SMILES string of the molecule is [B]C(=O)NC1CCN(C(=O)CCCN2CCOCC2)CC1. The number of rotatable bonds is 5. The average molecular weight is 293 g/mol. The number of carbonyl (C=O) groups is 2. The minimum absolute atomic E-state index is 0.111. The lowest BCUT2D eigenvalue weighted by Gasteiger charge is -2.32. The van der Waals surface area contributed by atoms with Crippen LogP contribution < -0.4 is 5.32 Å². The van der Waals surface area contributed by atoms with E-state index in [1.54, 1.807) is 0 Å². The van der Waals surface area contributed by atoms with Gasteiger partial charge in [0.05, 0.1) is 13.2 Å². The second-order valence-corrected chi connectivity index (χ2v) is 5.72. The van der Waals surface area contributed by atoms with Crippen molar-refractivity contribution in [1.82, 2.24) is 15.1 Å². The first-order chi connectivity index (χ1) is 10.1. The van der Waals surface area contributed by atoms with Crippen LogP contribution >= 0.6 is 0 Å². The van der Waals surface area contributed by atoms with Crippen molar-refractivity contribution in [2.45, 2.75) is 31.7 Å². The summed E-state index contributed by atoms with van der Waals surface area (Å²) in [6.07, 6.45) is 3.08. The van der Waals surface area contributed by atoms with E-state index in [0.717, 1.165) is 52.1 Å². The van der Waals surface area contributed by atoms with Gasteiger partial charge in [-0.3, -0.25) is 14.5 Å². The Morgan fingerprint density at radius 2 is 1.81 bits per heavy atom. The molecule has 2 saturated heterocycles. The van der Waals surface area contributed by atoms with E-state index in [1.165, 1.54) is 0 Å². The number of carbonyl (C=O) groups excluding carboxylic acids is 2. The van der Waals surface area contributed by atoms with E-state index >= 15 is 0 Å². The number of likely N-dealkylation sites (tertiary alicyclic amines) is 1. The standard InChI is InChI=1S/C14H24BN3O3/c15-14(20)16-12-3-6-18(7-4-12)13(19)2-1-5-17-8-10-21-11-9-17/h12H,1-11H2,(H,16,20). The molecule has 7 heteroatoms. The van der Waals surface area contributed by atoms with Crippen molar-refractivity contribution >= 4 is 19.6 Å². The maximum Gasteiger partial charge on any atom is 0.222 e. The summed E-state index contributed by atoms with van der Waals surface area (Å²) in [5.41, 5.74) is 0. The molecule has 116 valence electrons. The van der Waals surface area contributed by atoms with E-state index in [0.29, 0.717) is 19.5 Å². The molecule has 2 radical (unpaired) electrons. The molecule has 0 unspecified atom stereocenters. The number of nitrogens with zero attached hydrogens (tertiary/aromatic N) is 2. The van der Waals surface area contributed by atoms with Gasteiger partial charge in [0.15, 0.2) is 5.81 Å². The van der Waals surface area contributed by atoms with Gasteiger partial charge >= 0.3 is 0 Å². The molecule has 0 bridgehead atoms. The van der Waals surface area contributed by atoms with Gasteiger partial charge in [0.1, 0.15) is 0 Å². The zero-order valence-corrected chi connectivity index (χ0v) is 12.6. The number of hydrogen-bond acceptors (Lipinski definition) is 4. The Morgan fingerprint density at radius 3 is 2.43 bits per heavy atom. The van der Waals surface area contributed by atoms with Crippen LogP contribution in [0.1, 0.15) is 25.7 Å². The normalized spacial score (nSPS) is 21.2. The van der Waals surface area contributed by atoms with E-state index in [4.69, 9.17) is 12.6 Å². The van der Waals surface area contributed by atoms with Crippen LogP contribution in [0.25, 0.3) is 0 Å². The molecule has 2 fully saturated rings. The summed E-state index contributed by atoms with van der Waals surface area (Å²) in [5, 5.41) is 2.71. The predicted octanol–water partition coefficient (Wildman–Crippen LogP) is -0.0321. The average Bonchev–Trinajstić information content (AvgIpc) is 2.48. The van der Waals surface area contributed by atoms with E-state index in [9.17, 15) is 9.59 Å². The van der Waals surface area contributed by atoms with Crippen LogP contribution in [0.2, 0.25) is 0 Å². The first-order valence-corrected chi connectivity index (χ1v) is 7.79. The highest BCUT2D eigenvalue weighted by Gasteiger charge is 2.22. The molecule has 0 spiro atoms. The molecule has 0 aliphatic carbocycles. The monoisotopic (exact) mass is 293 g/mol. The number of morpholine rings is 1. The fourth-order valence-corrected chi connectivity index (χ4v) is 2.91. The van der Waals surface area contributed by atoms with E-state index in [-0.39, 0.29) is 11.9 Å². The quantitative estimate of drug-likeness (QED) is 0.723. The van der Waals surface area contributed by atoms with Crippen LogP contribution in [0, 0.1) is 0 Å². The van der Waals surface area contributed by atoms with Crippen molar-refractivity contribution in [3.8, 4) is 0 Å². The van der Waals surface area contributed by atoms with Gasteiger partial charge in [-0.1, -0.05) is 0 Å². The van der Waals surface area contributed by atoms with E-state index in [2.05, 4.69) is 10.2 Å². The topological polar surface area (TPSA) is 61.9 Å². The highest BCUT2D eigenvalue weighted by molar-refractivity contribution is 6.57. The van der Waals surface area contributed by atoms with Crippen LogP contribution in [0.5, 0.6) is 0 Å². The van der Waals surface area contributed by atoms with Gasteiger partial charge in [-0.2, -0.15) is 0 Å². The molecule has 0 aromatic rings. The first-order valence-electron chi connectivity index (χ1n) is 7.79. The highest BCUT2D eigenvalue weighted by atomic mass is 16.5. The second kappa shape index (κ2) is 8.39. The van der Waals surface area contributed by atoms with Crippen LogP contribution in [-0.2, 0) is 9.53 Å². The minimum atomic E-state index is -0.481. The van der Waals surface area contributed by atoms with Crippen molar-refractivity contribution in [2.24, 2.45) is 0 Å². The molecule has 0 atom stereocenters. The van der Waals surface area contributed by atoms with Crippen LogP contribution in [0.15, 0.2) is 0 Å². The Labute approximate surface area is 127 Å². The molecule has 21 heavy (non-hydrogen) atoms. The zero-order valence-electron chi connectivity index (χ0n) is 12.6. The molecular weight excluding hydrogens is 269 g/mol. The van der Waals surface area contributed by atoms with Gasteiger partial charge in [0.2, 0.25) is 13.8 Å². The Kier molecular flexibility index (Phi) is 6.51. The number of nitrogens with one attached hydrogen (secondary N) is 1. The molecule has 0 saturated carbocycles. The van der Waals surface area contributed by atoms with Gasteiger partial charge in [-0.15, -0.1) is 0 Å². The number of ether oxygens (including phenoxy) is 1. The van der Waals surface area contributed by atoms with Crippen molar-refractivity contribution in [1.29, 1.82) is 0 Å². The van der Waals surface area contributed by atoms with Gasteiger partial charge in [0.25, 0.3) is 0 Å². The Balaban J connectivity index is 1.59. The molecule has 2 heterocycles. The van der Waals surface area contributed by atoms with E-state index in [1.807, 2.05) is 4.90 Å². The maximum atomic E-state index is 12.1. The van der Waals surface area contributed by atoms with Crippen molar-refractivity contribution in [3.63, 3.8) is 0 Å². The third-order valence-electron chi connectivity index (χ3n) is 4.16. The molecule has 2 aliphatic heterocycles. The lowest BCUT2D eigenvalue weighted by atomic mass is 10.0. The third-order valence-corrected chi connectivity index (χ3v) is 4.16. The molecule has 2 amide bonds. The number of hydrogen-bond donors (Lipinski definition) is 1. The number of piperidine rings is 1. The fourth-order valence-electron chi connectivity index (χ4n) is 2.91. The molecule has 2 aliphatic rings. The third kappa shape index (κ3) is 5.67. The molecule has 2 rings (SSSR count). The second-order valence-electron chi connectivity index (χ2n) is 5.72. The summed E-state index contributed by atoms with van der Waals surface area (Å²) in [5.74, 6) is -0.258. The van der Waals surface area contributed by atoms with Gasteiger partial charge in [-0.25, -0.2) is 0 Å². The van der Waals surface area contributed by atoms with Crippen LogP contribution in [0.4, 0.5) is 4.79 Å². The summed E-state index contributed by atoms with van der Waals surface area (Å²) in [7, 11) is 5.11. The maximum absolute atomic E-state index is 12.1. The van der Waals surface area contributed by atoms with Crippen LogP contribution in [-0.4, -0.2) is 81.3 Å². The first kappa shape index (κ1) is 16.3. The van der Waals surface area contributed by atoms with Gasteiger partial charge in [-0.05, 0) is 25.8 Å². The number of amides is 2. The van der Waals surface area contributed by atoms with E-state index < -0.39 is 5.81 Å². The summed E-state index contributed by atoms with van der Waals surface area (Å²) in [6.45, 7) is 5.93. The van der Waals surface area contributed by atoms with Gasteiger partial charge < -0.3 is 15.0 Å². The largest absolute Gasteiger partial charge is 0.379 e. The van der Waals surface area contributed by atoms with Crippen molar-refractivity contribution in [3.05, 3.63) is 0 Å². The predicted molar refractivity (Wildman–Crippen MR) is 80.4 cm³/mol. The highest BCUT2D eigenvalue weighted by Crippen LogP contribution is 2.12. The Morgan fingerprint density at radius 1 is 1.14 bits per heavy atom. The summed E-state index contributed by atoms with van der Waals surface area (Å²) in [4.78, 5) is 27.2. The zero-order chi connectivity index (χ0) is 15.1. The lowest BCUT2D eigenvalue weighted by molar-refractivity contribution is -0.132. The minimum Gasteiger partial charge on any atom is -0.379 e.